The Morgan fingerprint density at radius 3 is 2.67 bits per heavy atom. The van der Waals surface area contributed by atoms with Gasteiger partial charge in [-0.1, -0.05) is 36.2 Å². The maximum Gasteiger partial charge on any atom is 0.130 e. The van der Waals surface area contributed by atoms with Crippen molar-refractivity contribution in [3.63, 3.8) is 0 Å². The molecule has 0 saturated heterocycles. The summed E-state index contributed by atoms with van der Waals surface area (Å²) in [5, 5.41) is 4.34. The Balaban J connectivity index is 1.93. The maximum atomic E-state index is 5.96. The quantitative estimate of drug-likeness (QED) is 0.763. The van der Waals surface area contributed by atoms with E-state index in [1.165, 1.54) is 0 Å². The smallest absolute Gasteiger partial charge is 0.130 e. The second-order valence-corrected chi connectivity index (χ2v) is 5.48. The van der Waals surface area contributed by atoms with E-state index in [0.717, 1.165) is 30.9 Å². The fraction of sp³-hybridized carbons (Fsp3) is 0.312. The first-order valence-electron chi connectivity index (χ1n) is 6.92. The normalized spacial score (nSPS) is 10.6. The Morgan fingerprint density at radius 1 is 1.10 bits per heavy atom. The molecule has 1 N–H and O–H groups in total. The molecule has 0 bridgehead atoms. The van der Waals surface area contributed by atoms with Crippen molar-refractivity contribution in [2.24, 2.45) is 0 Å². The SMILES string of the molecule is CCCNCc1cccc(COc2ccc(Cl)c(Cl)c2)n1. The molecule has 0 amide bonds. The average molecular weight is 325 g/mol. The molecule has 0 radical (unpaired) electrons. The second-order valence-electron chi connectivity index (χ2n) is 4.66. The first kappa shape index (κ1) is 16.1. The van der Waals surface area contributed by atoms with Gasteiger partial charge in [0, 0.05) is 12.6 Å². The molecule has 0 atom stereocenters. The molecular formula is C16H18Cl2N2O. The standard InChI is InChI=1S/C16H18Cl2N2O/c1-2-8-19-10-12-4-3-5-13(20-12)11-21-14-6-7-15(17)16(18)9-14/h3-7,9,19H,2,8,10-11H2,1H3. The van der Waals surface area contributed by atoms with Crippen LogP contribution < -0.4 is 10.1 Å². The number of rotatable bonds is 7. The Kier molecular flexibility index (Phi) is 6.30. The zero-order valence-electron chi connectivity index (χ0n) is 11.9. The van der Waals surface area contributed by atoms with Gasteiger partial charge in [0.25, 0.3) is 0 Å². The number of halogens is 2. The molecule has 0 aliphatic carbocycles. The predicted molar refractivity (Wildman–Crippen MR) is 87.0 cm³/mol. The minimum absolute atomic E-state index is 0.402. The van der Waals surface area contributed by atoms with Crippen LogP contribution in [0.5, 0.6) is 5.75 Å². The highest BCUT2D eigenvalue weighted by Gasteiger charge is 2.02. The van der Waals surface area contributed by atoms with E-state index >= 15 is 0 Å². The fourth-order valence-electron chi connectivity index (χ4n) is 1.83. The Hall–Kier alpha value is -1.29. The highest BCUT2D eigenvalue weighted by atomic mass is 35.5. The van der Waals surface area contributed by atoms with Gasteiger partial charge in [0.15, 0.2) is 0 Å². The van der Waals surface area contributed by atoms with E-state index in [-0.39, 0.29) is 0 Å². The van der Waals surface area contributed by atoms with Gasteiger partial charge in [-0.25, -0.2) is 0 Å². The summed E-state index contributed by atoms with van der Waals surface area (Å²) >= 11 is 11.8. The summed E-state index contributed by atoms with van der Waals surface area (Å²) in [5.41, 5.74) is 1.90. The molecule has 0 saturated carbocycles. The molecule has 0 spiro atoms. The summed E-state index contributed by atoms with van der Waals surface area (Å²) in [6.45, 7) is 4.31. The van der Waals surface area contributed by atoms with E-state index in [1.807, 2.05) is 18.2 Å². The molecule has 0 unspecified atom stereocenters. The Morgan fingerprint density at radius 2 is 1.90 bits per heavy atom. The third-order valence-corrected chi connectivity index (χ3v) is 3.61. The molecule has 2 rings (SSSR count). The molecule has 2 aromatic rings. The van der Waals surface area contributed by atoms with E-state index in [9.17, 15) is 0 Å². The number of hydrogen-bond acceptors (Lipinski definition) is 3. The van der Waals surface area contributed by atoms with Gasteiger partial charge in [-0.15, -0.1) is 0 Å². The Bertz CT molecular complexity index is 590. The van der Waals surface area contributed by atoms with E-state index in [2.05, 4.69) is 17.2 Å². The Labute approximate surface area is 135 Å². The number of benzene rings is 1. The predicted octanol–water partition coefficient (Wildman–Crippen LogP) is 4.47. The van der Waals surface area contributed by atoms with Crippen molar-refractivity contribution in [1.82, 2.24) is 10.3 Å². The highest BCUT2D eigenvalue weighted by molar-refractivity contribution is 6.42. The lowest BCUT2D eigenvalue weighted by molar-refractivity contribution is 0.301. The minimum Gasteiger partial charge on any atom is -0.487 e. The van der Waals surface area contributed by atoms with E-state index in [0.29, 0.717) is 22.4 Å². The third kappa shape index (κ3) is 5.20. The molecule has 0 aliphatic rings. The van der Waals surface area contributed by atoms with Gasteiger partial charge >= 0.3 is 0 Å². The summed E-state index contributed by atoms with van der Waals surface area (Å²) in [7, 11) is 0. The van der Waals surface area contributed by atoms with Crippen molar-refractivity contribution in [3.05, 3.63) is 57.8 Å². The molecule has 112 valence electrons. The first-order chi connectivity index (χ1) is 10.2. The molecule has 1 heterocycles. The van der Waals surface area contributed by atoms with Crippen molar-refractivity contribution in [2.45, 2.75) is 26.5 Å². The van der Waals surface area contributed by atoms with Gasteiger partial charge in [0.2, 0.25) is 0 Å². The summed E-state index contributed by atoms with van der Waals surface area (Å²) in [6, 6.07) is 11.2. The van der Waals surface area contributed by atoms with Crippen LogP contribution in [0.4, 0.5) is 0 Å². The van der Waals surface area contributed by atoms with Crippen molar-refractivity contribution >= 4 is 23.2 Å². The van der Waals surface area contributed by atoms with Crippen LogP contribution in [0.15, 0.2) is 36.4 Å². The van der Waals surface area contributed by atoms with Crippen LogP contribution in [0.25, 0.3) is 0 Å². The van der Waals surface area contributed by atoms with Crippen LogP contribution in [-0.2, 0) is 13.2 Å². The largest absolute Gasteiger partial charge is 0.487 e. The van der Waals surface area contributed by atoms with Crippen molar-refractivity contribution < 1.29 is 4.74 Å². The van der Waals surface area contributed by atoms with Gasteiger partial charge < -0.3 is 10.1 Å². The molecule has 21 heavy (non-hydrogen) atoms. The van der Waals surface area contributed by atoms with Gasteiger partial charge in [0.1, 0.15) is 12.4 Å². The summed E-state index contributed by atoms with van der Waals surface area (Å²) in [6.07, 6.45) is 1.11. The third-order valence-electron chi connectivity index (χ3n) is 2.88. The van der Waals surface area contributed by atoms with Gasteiger partial charge in [-0.2, -0.15) is 0 Å². The van der Waals surface area contributed by atoms with Crippen molar-refractivity contribution in [3.8, 4) is 5.75 Å². The average Bonchev–Trinajstić information content (AvgIpc) is 2.49. The van der Waals surface area contributed by atoms with E-state index in [1.54, 1.807) is 18.2 Å². The lowest BCUT2D eigenvalue weighted by Crippen LogP contribution is -2.15. The number of aromatic nitrogens is 1. The fourth-order valence-corrected chi connectivity index (χ4v) is 2.11. The molecule has 0 fully saturated rings. The van der Waals surface area contributed by atoms with Gasteiger partial charge in [-0.3, -0.25) is 4.98 Å². The molecule has 1 aromatic carbocycles. The van der Waals surface area contributed by atoms with Crippen molar-refractivity contribution in [2.75, 3.05) is 6.54 Å². The van der Waals surface area contributed by atoms with Crippen LogP contribution >= 0.6 is 23.2 Å². The lowest BCUT2D eigenvalue weighted by Gasteiger charge is -2.08. The second kappa shape index (κ2) is 8.23. The topological polar surface area (TPSA) is 34.1 Å². The molecule has 5 heteroatoms. The molecule has 3 nitrogen and oxygen atoms in total. The number of nitrogens with one attached hydrogen (secondary N) is 1. The first-order valence-corrected chi connectivity index (χ1v) is 7.68. The minimum atomic E-state index is 0.402. The molecule has 0 aliphatic heterocycles. The number of nitrogens with zero attached hydrogens (tertiary/aromatic N) is 1. The zero-order valence-corrected chi connectivity index (χ0v) is 13.4. The van der Waals surface area contributed by atoms with E-state index in [4.69, 9.17) is 27.9 Å². The summed E-state index contributed by atoms with van der Waals surface area (Å²) < 4.78 is 5.68. The van der Waals surface area contributed by atoms with Crippen LogP contribution in [-0.4, -0.2) is 11.5 Å². The molecule has 1 aromatic heterocycles. The van der Waals surface area contributed by atoms with Crippen LogP contribution in [0, 0.1) is 0 Å². The van der Waals surface area contributed by atoms with Gasteiger partial charge in [0.05, 0.1) is 21.4 Å². The summed E-state index contributed by atoms with van der Waals surface area (Å²) in [4.78, 5) is 4.55. The maximum absolute atomic E-state index is 5.96. The lowest BCUT2D eigenvalue weighted by atomic mass is 10.3. The van der Waals surface area contributed by atoms with Crippen LogP contribution in [0.3, 0.4) is 0 Å². The number of hydrogen-bond donors (Lipinski definition) is 1. The van der Waals surface area contributed by atoms with Crippen LogP contribution in [0.2, 0.25) is 10.0 Å². The number of ether oxygens (including phenoxy) is 1. The van der Waals surface area contributed by atoms with Crippen molar-refractivity contribution in [1.29, 1.82) is 0 Å². The van der Waals surface area contributed by atoms with E-state index < -0.39 is 0 Å². The number of pyridine rings is 1. The van der Waals surface area contributed by atoms with Gasteiger partial charge in [-0.05, 0) is 37.2 Å². The van der Waals surface area contributed by atoms with Crippen LogP contribution in [0.1, 0.15) is 24.7 Å². The molecular weight excluding hydrogens is 307 g/mol. The monoisotopic (exact) mass is 324 g/mol. The summed E-state index contributed by atoms with van der Waals surface area (Å²) in [5.74, 6) is 0.681. The zero-order chi connectivity index (χ0) is 15.1. The highest BCUT2D eigenvalue weighted by Crippen LogP contribution is 2.26.